The van der Waals surface area contributed by atoms with Gasteiger partial charge in [-0.05, 0) is 19.3 Å². The third-order valence-electron chi connectivity index (χ3n) is 4.99. The van der Waals surface area contributed by atoms with Crippen molar-refractivity contribution in [1.29, 1.82) is 0 Å². The highest BCUT2D eigenvalue weighted by Gasteiger charge is 2.30. The molecule has 0 radical (unpaired) electrons. The molecule has 0 spiro atoms. The van der Waals surface area contributed by atoms with Gasteiger partial charge in [0, 0.05) is 37.0 Å². The average molecular weight is 544 g/mol. The van der Waals surface area contributed by atoms with Crippen LogP contribution in [0.25, 0.3) is 0 Å². The Morgan fingerprint density at radius 2 is 1.62 bits per heavy atom. The normalized spacial score (nSPS) is 13.9. The predicted molar refractivity (Wildman–Crippen MR) is 134 cm³/mol. The molecule has 0 aromatic carbocycles. The van der Waals surface area contributed by atoms with Gasteiger partial charge in [0.1, 0.15) is 18.1 Å². The Balaban J connectivity index is 2.91. The molecule has 4 unspecified atom stereocenters. The third-order valence-corrected chi connectivity index (χ3v) is 5.36. The maximum atomic E-state index is 13.0. The van der Waals surface area contributed by atoms with Crippen LogP contribution in [0.15, 0.2) is 17.5 Å². The van der Waals surface area contributed by atoms with E-state index in [1.54, 1.807) is 0 Å². The number of hydrogen-bond donors (Lipinski definition) is 10. The molecule has 4 atom stereocenters. The average Bonchev–Trinajstić information content (AvgIpc) is 3.34. The van der Waals surface area contributed by atoms with E-state index in [2.05, 4.69) is 43.5 Å². The first kappa shape index (κ1) is 31.2. The number of amides is 3. The van der Waals surface area contributed by atoms with E-state index in [9.17, 15) is 29.1 Å². The number of aliphatic imine (C=N–C) groups is 1. The molecule has 1 heterocycles. The molecular formula is C20H33N9O7S. The van der Waals surface area contributed by atoms with Crippen molar-refractivity contribution in [2.45, 2.75) is 56.3 Å². The SMILES string of the molecule is NC(N)=NCCCC(NC(=O)C(CS)NC(=O)C(N)CCC(=O)O)C(=O)NC(Cc1cnc[nH]1)C(=O)O. The second-order valence-corrected chi connectivity index (χ2v) is 8.34. The minimum atomic E-state index is -1.32. The molecule has 1 aromatic heterocycles. The Bertz CT molecular complexity index is 954. The number of H-pyrrole nitrogens is 1. The largest absolute Gasteiger partial charge is 0.481 e. The number of aromatic amines is 1. The summed E-state index contributed by atoms with van der Waals surface area (Å²) in [6.07, 6.45) is 2.50. The first-order chi connectivity index (χ1) is 17.4. The van der Waals surface area contributed by atoms with Crippen molar-refractivity contribution in [2.24, 2.45) is 22.2 Å². The molecule has 1 rings (SSSR count). The number of nitrogens with two attached hydrogens (primary N) is 3. The quantitative estimate of drug-likeness (QED) is 0.0401. The van der Waals surface area contributed by atoms with Crippen molar-refractivity contribution >= 4 is 48.2 Å². The number of aliphatic carboxylic acids is 2. The number of carboxylic acids is 2. The van der Waals surface area contributed by atoms with Gasteiger partial charge in [0.05, 0.1) is 12.4 Å². The maximum Gasteiger partial charge on any atom is 0.326 e. The molecular weight excluding hydrogens is 510 g/mol. The summed E-state index contributed by atoms with van der Waals surface area (Å²) in [6.45, 7) is 0.143. The summed E-state index contributed by atoms with van der Waals surface area (Å²) in [5.74, 6) is -5.09. The van der Waals surface area contributed by atoms with E-state index >= 15 is 0 Å². The van der Waals surface area contributed by atoms with E-state index in [-0.39, 0.29) is 50.4 Å². The van der Waals surface area contributed by atoms with Crippen molar-refractivity contribution in [1.82, 2.24) is 25.9 Å². The second kappa shape index (κ2) is 16.0. The van der Waals surface area contributed by atoms with Crippen LogP contribution in [0.3, 0.4) is 0 Å². The fourth-order valence-corrected chi connectivity index (χ4v) is 3.27. The summed E-state index contributed by atoms with van der Waals surface area (Å²) in [5.41, 5.74) is 16.7. The van der Waals surface area contributed by atoms with Crippen LogP contribution in [0.4, 0.5) is 0 Å². The van der Waals surface area contributed by atoms with Crippen molar-refractivity contribution in [3.05, 3.63) is 18.2 Å². The molecule has 12 N–H and O–H groups in total. The van der Waals surface area contributed by atoms with Crippen LogP contribution in [0.1, 0.15) is 31.4 Å². The number of guanidine groups is 1. The number of rotatable bonds is 17. The van der Waals surface area contributed by atoms with Gasteiger partial charge in [0.15, 0.2) is 5.96 Å². The number of hydrogen-bond acceptors (Lipinski definition) is 9. The summed E-state index contributed by atoms with van der Waals surface area (Å²) >= 11 is 4.05. The van der Waals surface area contributed by atoms with Crippen molar-refractivity contribution in [3.63, 3.8) is 0 Å². The first-order valence-corrected chi connectivity index (χ1v) is 11.8. The van der Waals surface area contributed by atoms with Crippen LogP contribution in [-0.2, 0) is 30.4 Å². The lowest BCUT2D eigenvalue weighted by Crippen LogP contribution is -2.57. The molecule has 0 aliphatic rings. The molecule has 3 amide bonds. The monoisotopic (exact) mass is 543 g/mol. The number of nitrogens with one attached hydrogen (secondary N) is 4. The smallest absolute Gasteiger partial charge is 0.326 e. The molecule has 206 valence electrons. The van der Waals surface area contributed by atoms with E-state index in [1.165, 1.54) is 12.5 Å². The maximum absolute atomic E-state index is 13.0. The fraction of sp³-hybridized carbons (Fsp3) is 0.550. The number of carbonyl (C=O) groups is 5. The Labute approximate surface area is 217 Å². The molecule has 37 heavy (non-hydrogen) atoms. The standard InChI is InChI=1S/C20H33N9O7S/c21-11(3-4-15(30)31)16(32)29-14(8-37)18(34)27-12(2-1-5-25-20(22)23)17(33)28-13(19(35)36)6-10-7-24-9-26-10/h7,9,11-14,37H,1-6,8,21H2,(H,24,26)(H,27,34)(H,28,33)(H,29,32)(H,30,31)(H,35,36)(H4,22,23,25). The molecule has 0 bridgehead atoms. The zero-order valence-corrected chi connectivity index (χ0v) is 20.8. The van der Waals surface area contributed by atoms with Crippen LogP contribution in [0, 0.1) is 0 Å². The highest BCUT2D eigenvalue weighted by molar-refractivity contribution is 7.80. The van der Waals surface area contributed by atoms with Gasteiger partial charge in [-0.15, -0.1) is 0 Å². The molecule has 0 saturated heterocycles. The number of carbonyl (C=O) groups excluding carboxylic acids is 3. The fourth-order valence-electron chi connectivity index (χ4n) is 3.02. The van der Waals surface area contributed by atoms with E-state index in [1.807, 2.05) is 0 Å². The zero-order valence-electron chi connectivity index (χ0n) is 19.9. The van der Waals surface area contributed by atoms with E-state index < -0.39 is 53.8 Å². The van der Waals surface area contributed by atoms with Crippen LogP contribution in [0.2, 0.25) is 0 Å². The van der Waals surface area contributed by atoms with Gasteiger partial charge in [-0.3, -0.25) is 24.2 Å². The molecule has 1 aromatic rings. The van der Waals surface area contributed by atoms with Crippen LogP contribution >= 0.6 is 12.6 Å². The summed E-state index contributed by atoms with van der Waals surface area (Å²) < 4.78 is 0. The lowest BCUT2D eigenvalue weighted by Gasteiger charge is -2.24. The summed E-state index contributed by atoms with van der Waals surface area (Å²) in [5, 5.41) is 25.5. The van der Waals surface area contributed by atoms with Gasteiger partial charge in [0.2, 0.25) is 17.7 Å². The van der Waals surface area contributed by atoms with Crippen molar-refractivity contribution < 1.29 is 34.2 Å². The van der Waals surface area contributed by atoms with Crippen LogP contribution in [0.5, 0.6) is 0 Å². The lowest BCUT2D eigenvalue weighted by atomic mass is 10.1. The Kier molecular flexibility index (Phi) is 13.5. The highest BCUT2D eigenvalue weighted by atomic mass is 32.1. The summed E-state index contributed by atoms with van der Waals surface area (Å²) in [4.78, 5) is 70.8. The summed E-state index contributed by atoms with van der Waals surface area (Å²) in [6, 6.07) is -4.91. The summed E-state index contributed by atoms with van der Waals surface area (Å²) in [7, 11) is 0. The van der Waals surface area contributed by atoms with Gasteiger partial charge in [-0.2, -0.15) is 12.6 Å². The van der Waals surface area contributed by atoms with Gasteiger partial charge in [0.25, 0.3) is 0 Å². The Morgan fingerprint density at radius 1 is 1.00 bits per heavy atom. The van der Waals surface area contributed by atoms with Crippen LogP contribution in [-0.4, -0.2) is 92.3 Å². The van der Waals surface area contributed by atoms with Crippen LogP contribution < -0.4 is 33.2 Å². The molecule has 0 aliphatic heterocycles. The zero-order chi connectivity index (χ0) is 28.0. The van der Waals surface area contributed by atoms with E-state index in [0.717, 1.165) is 0 Å². The van der Waals surface area contributed by atoms with E-state index in [0.29, 0.717) is 5.69 Å². The number of carboxylic acid groups (broad SMARTS) is 2. The number of imidazole rings is 1. The predicted octanol–water partition coefficient (Wildman–Crippen LogP) is -3.33. The highest BCUT2D eigenvalue weighted by Crippen LogP contribution is 2.05. The molecule has 16 nitrogen and oxygen atoms in total. The van der Waals surface area contributed by atoms with Gasteiger partial charge >= 0.3 is 11.9 Å². The van der Waals surface area contributed by atoms with Gasteiger partial charge < -0.3 is 48.3 Å². The number of thiol groups is 1. The van der Waals surface area contributed by atoms with Gasteiger partial charge in [-0.1, -0.05) is 0 Å². The topological polar surface area (TPSA) is 281 Å². The Hall–Kier alpha value is -3.86. The molecule has 0 saturated carbocycles. The molecule has 0 fully saturated rings. The van der Waals surface area contributed by atoms with Crippen molar-refractivity contribution in [3.8, 4) is 0 Å². The van der Waals surface area contributed by atoms with Gasteiger partial charge in [-0.25, -0.2) is 9.78 Å². The number of nitrogens with zero attached hydrogens (tertiary/aromatic N) is 2. The molecule has 17 heteroatoms. The minimum Gasteiger partial charge on any atom is -0.481 e. The second-order valence-electron chi connectivity index (χ2n) is 7.97. The first-order valence-electron chi connectivity index (χ1n) is 11.2. The lowest BCUT2D eigenvalue weighted by molar-refractivity contribution is -0.142. The van der Waals surface area contributed by atoms with E-state index in [4.69, 9.17) is 22.3 Å². The third kappa shape index (κ3) is 12.1. The minimum absolute atomic E-state index is 0.0378. The molecule has 0 aliphatic carbocycles. The van der Waals surface area contributed by atoms with Crippen molar-refractivity contribution in [2.75, 3.05) is 12.3 Å². The Morgan fingerprint density at radius 3 is 2.16 bits per heavy atom. The number of aromatic nitrogens is 2.